The van der Waals surface area contributed by atoms with Crippen molar-refractivity contribution in [3.63, 3.8) is 0 Å². The van der Waals surface area contributed by atoms with Gasteiger partial charge in [0.2, 0.25) is 5.91 Å². The summed E-state index contributed by atoms with van der Waals surface area (Å²) >= 11 is 0. The second-order valence-corrected chi connectivity index (χ2v) is 5.97. The van der Waals surface area contributed by atoms with Gasteiger partial charge in [-0.1, -0.05) is 24.3 Å². The number of phenolic OH excluding ortho intramolecular Hbond substituents is 1. The molecule has 2 aromatic rings. The molecule has 1 heterocycles. The van der Waals surface area contributed by atoms with E-state index in [0.717, 1.165) is 0 Å². The fourth-order valence-corrected chi connectivity index (χ4v) is 2.72. The van der Waals surface area contributed by atoms with Gasteiger partial charge in [-0.05, 0) is 36.8 Å². The van der Waals surface area contributed by atoms with Crippen molar-refractivity contribution < 1.29 is 24.2 Å². The maximum absolute atomic E-state index is 12.7. The Balaban J connectivity index is 1.67. The molecule has 3 rings (SSSR count). The second kappa shape index (κ2) is 7.26. The zero-order valence-corrected chi connectivity index (χ0v) is 14.1. The minimum Gasteiger partial charge on any atom is -0.508 e. The molecule has 0 unspecified atom stereocenters. The van der Waals surface area contributed by atoms with E-state index in [0.29, 0.717) is 16.9 Å². The molecule has 1 aliphatic rings. The number of aromatic hydroxyl groups is 1. The lowest BCUT2D eigenvalue weighted by molar-refractivity contribution is -0.153. The fraction of sp³-hybridized carbons (Fsp3) is 0.211. The van der Waals surface area contributed by atoms with Crippen LogP contribution < -0.4 is 10.2 Å². The average molecular weight is 354 g/mol. The van der Waals surface area contributed by atoms with Gasteiger partial charge in [-0.15, -0.1) is 0 Å². The van der Waals surface area contributed by atoms with Crippen LogP contribution in [0.4, 0.5) is 11.4 Å². The van der Waals surface area contributed by atoms with Gasteiger partial charge >= 0.3 is 5.97 Å². The molecule has 1 aliphatic heterocycles. The van der Waals surface area contributed by atoms with Gasteiger partial charge in [-0.2, -0.15) is 0 Å². The number of benzene rings is 2. The van der Waals surface area contributed by atoms with Crippen molar-refractivity contribution in [3.8, 4) is 5.75 Å². The number of ether oxygens (including phenoxy) is 1. The van der Waals surface area contributed by atoms with E-state index in [1.807, 2.05) is 0 Å². The quantitative estimate of drug-likeness (QED) is 0.817. The van der Waals surface area contributed by atoms with Gasteiger partial charge in [0.25, 0.3) is 5.91 Å². The van der Waals surface area contributed by atoms with Crippen molar-refractivity contribution in [3.05, 3.63) is 54.1 Å². The molecule has 2 aromatic carbocycles. The van der Waals surface area contributed by atoms with Gasteiger partial charge in [0.15, 0.2) is 6.10 Å². The lowest BCUT2D eigenvalue weighted by Gasteiger charge is -2.30. The van der Waals surface area contributed by atoms with Crippen molar-refractivity contribution in [1.82, 2.24) is 0 Å². The summed E-state index contributed by atoms with van der Waals surface area (Å²) in [6, 6.07) is 13.1. The van der Waals surface area contributed by atoms with Crippen LogP contribution in [0.3, 0.4) is 0 Å². The number of anilines is 2. The first-order valence-corrected chi connectivity index (χ1v) is 8.11. The molecule has 1 atom stereocenters. The summed E-state index contributed by atoms with van der Waals surface area (Å²) in [5.74, 6) is -1.23. The fourth-order valence-electron chi connectivity index (χ4n) is 2.72. The average Bonchev–Trinajstić information content (AvgIpc) is 2.62. The number of amides is 2. The molecule has 0 saturated carbocycles. The number of carbonyl (C=O) groups excluding carboxylic acids is 3. The summed E-state index contributed by atoms with van der Waals surface area (Å²) in [5.41, 5.74) is 1.77. The van der Waals surface area contributed by atoms with Gasteiger partial charge < -0.3 is 15.2 Å². The lowest BCUT2D eigenvalue weighted by Crippen LogP contribution is -2.47. The maximum atomic E-state index is 12.7. The van der Waals surface area contributed by atoms with Crippen molar-refractivity contribution >= 4 is 29.2 Å². The summed E-state index contributed by atoms with van der Waals surface area (Å²) in [5, 5.41) is 12.0. The van der Waals surface area contributed by atoms with Crippen LogP contribution in [0.25, 0.3) is 0 Å². The van der Waals surface area contributed by atoms with E-state index in [-0.39, 0.29) is 24.6 Å². The first-order chi connectivity index (χ1) is 12.4. The van der Waals surface area contributed by atoms with Crippen molar-refractivity contribution in [2.45, 2.75) is 19.4 Å². The second-order valence-electron chi connectivity index (χ2n) is 5.97. The van der Waals surface area contributed by atoms with Crippen LogP contribution in [-0.2, 0) is 25.5 Å². The Hall–Kier alpha value is -3.35. The first kappa shape index (κ1) is 17.5. The zero-order valence-electron chi connectivity index (χ0n) is 14.1. The predicted octanol–water partition coefficient (Wildman–Crippen LogP) is 1.85. The molecule has 0 fully saturated rings. The van der Waals surface area contributed by atoms with E-state index in [9.17, 15) is 19.5 Å². The predicted molar refractivity (Wildman–Crippen MR) is 94.8 cm³/mol. The lowest BCUT2D eigenvalue weighted by atomic mass is 10.1. The number of hydrogen-bond donors (Lipinski definition) is 2. The Bertz CT molecular complexity index is 847. The van der Waals surface area contributed by atoms with Gasteiger partial charge in [0.1, 0.15) is 12.3 Å². The van der Waals surface area contributed by atoms with Crippen LogP contribution in [0.15, 0.2) is 48.5 Å². The third-order valence-corrected chi connectivity index (χ3v) is 3.98. The third-order valence-electron chi connectivity index (χ3n) is 3.98. The molecule has 2 N–H and O–H groups in total. The minimum absolute atomic E-state index is 0.0189. The van der Waals surface area contributed by atoms with Crippen molar-refractivity contribution in [2.75, 3.05) is 16.8 Å². The number of phenols is 1. The van der Waals surface area contributed by atoms with E-state index >= 15 is 0 Å². The molecule has 26 heavy (non-hydrogen) atoms. The molecule has 0 radical (unpaired) electrons. The summed E-state index contributed by atoms with van der Waals surface area (Å²) in [4.78, 5) is 37.9. The number of carbonyl (C=O) groups is 3. The van der Waals surface area contributed by atoms with Crippen molar-refractivity contribution in [1.29, 1.82) is 0 Å². The smallest absolute Gasteiger partial charge is 0.311 e. The minimum atomic E-state index is -1.03. The van der Waals surface area contributed by atoms with E-state index < -0.39 is 18.0 Å². The third kappa shape index (κ3) is 3.83. The Kier molecular flexibility index (Phi) is 4.88. The summed E-state index contributed by atoms with van der Waals surface area (Å²) in [6.45, 7) is 1.35. The van der Waals surface area contributed by atoms with Crippen LogP contribution in [-0.4, -0.2) is 35.5 Å². The Labute approximate surface area is 150 Å². The van der Waals surface area contributed by atoms with Gasteiger partial charge in [-0.25, -0.2) is 0 Å². The van der Waals surface area contributed by atoms with Crippen LogP contribution in [0.5, 0.6) is 5.75 Å². The molecule has 0 bridgehead atoms. The Morgan fingerprint density at radius 2 is 1.88 bits per heavy atom. The SMILES string of the molecule is C[C@@H](OC(=O)Cc1ccc(O)cc1)C(=O)N1CC(=O)Nc2ccccc21. The normalized spacial score (nSPS) is 14.2. The molecule has 0 aliphatic carbocycles. The summed E-state index contributed by atoms with van der Waals surface area (Å²) in [7, 11) is 0. The standard InChI is InChI=1S/C19H18N2O5/c1-12(26-18(24)10-13-6-8-14(22)9-7-13)19(25)21-11-17(23)20-15-4-2-3-5-16(15)21/h2-9,12,22H,10-11H2,1H3,(H,20,23)/t12-/m1/s1. The Morgan fingerprint density at radius 3 is 2.62 bits per heavy atom. The molecule has 134 valence electrons. The molecule has 0 spiro atoms. The van der Waals surface area contributed by atoms with E-state index in [1.165, 1.54) is 24.0 Å². The topological polar surface area (TPSA) is 95.9 Å². The van der Waals surface area contributed by atoms with Crippen molar-refractivity contribution in [2.24, 2.45) is 0 Å². The van der Waals surface area contributed by atoms with Crippen LogP contribution in [0, 0.1) is 0 Å². The van der Waals surface area contributed by atoms with Crippen LogP contribution >= 0.6 is 0 Å². The monoisotopic (exact) mass is 354 g/mol. The zero-order chi connectivity index (χ0) is 18.7. The van der Waals surface area contributed by atoms with Crippen LogP contribution in [0.2, 0.25) is 0 Å². The summed E-state index contributed by atoms with van der Waals surface area (Å²) in [6.07, 6.45) is -1.05. The highest BCUT2D eigenvalue weighted by Crippen LogP contribution is 2.29. The molecular formula is C19H18N2O5. The summed E-state index contributed by atoms with van der Waals surface area (Å²) < 4.78 is 5.23. The van der Waals surface area contributed by atoms with E-state index in [1.54, 1.807) is 36.4 Å². The van der Waals surface area contributed by atoms with Gasteiger partial charge in [0, 0.05) is 0 Å². The number of para-hydroxylation sites is 2. The van der Waals surface area contributed by atoms with Crippen LogP contribution in [0.1, 0.15) is 12.5 Å². The number of hydrogen-bond acceptors (Lipinski definition) is 5. The highest BCUT2D eigenvalue weighted by atomic mass is 16.5. The van der Waals surface area contributed by atoms with Gasteiger partial charge in [-0.3, -0.25) is 19.3 Å². The number of nitrogens with zero attached hydrogens (tertiary/aromatic N) is 1. The molecule has 7 heteroatoms. The number of nitrogens with one attached hydrogen (secondary N) is 1. The Morgan fingerprint density at radius 1 is 1.19 bits per heavy atom. The van der Waals surface area contributed by atoms with E-state index in [2.05, 4.69) is 5.32 Å². The molecule has 0 aromatic heterocycles. The molecule has 7 nitrogen and oxygen atoms in total. The largest absolute Gasteiger partial charge is 0.508 e. The molecule has 0 saturated heterocycles. The first-order valence-electron chi connectivity index (χ1n) is 8.11. The van der Waals surface area contributed by atoms with Gasteiger partial charge in [0.05, 0.1) is 17.8 Å². The molecule has 2 amide bonds. The number of fused-ring (bicyclic) bond motifs is 1. The maximum Gasteiger partial charge on any atom is 0.311 e. The molecular weight excluding hydrogens is 336 g/mol. The highest BCUT2D eigenvalue weighted by molar-refractivity contribution is 6.11. The number of rotatable bonds is 4. The number of esters is 1. The van der Waals surface area contributed by atoms with E-state index in [4.69, 9.17) is 4.74 Å². The highest BCUT2D eigenvalue weighted by Gasteiger charge is 2.31.